The molecule has 1 amide bonds. The van der Waals surface area contributed by atoms with Crippen LogP contribution in [0.5, 0.6) is 0 Å². The van der Waals surface area contributed by atoms with Crippen molar-refractivity contribution >= 4 is 27.5 Å². The fourth-order valence-electron chi connectivity index (χ4n) is 2.34. The molecule has 2 heterocycles. The predicted molar refractivity (Wildman–Crippen MR) is 70.7 cm³/mol. The van der Waals surface area contributed by atoms with Crippen molar-refractivity contribution in [3.05, 3.63) is 29.3 Å². The number of hydrogen-bond donors (Lipinski definition) is 1. The number of likely N-dealkylation sites (tertiary alicyclic amines) is 1. The van der Waals surface area contributed by atoms with E-state index in [2.05, 4.69) is 4.98 Å². The highest BCUT2D eigenvalue weighted by atomic mass is 32.1. The van der Waals surface area contributed by atoms with Gasteiger partial charge in [-0.2, -0.15) is 0 Å². The number of carbonyl (C=O) groups excluding carboxylic acids is 1. The maximum absolute atomic E-state index is 12.3. The van der Waals surface area contributed by atoms with Crippen LogP contribution in [-0.2, 0) is 0 Å². The molecule has 1 aliphatic rings. The SMILES string of the molecule is O=C(c1ccc2ncsc2c1)N1CCC(CO)C1. The van der Waals surface area contributed by atoms with Crippen molar-refractivity contribution in [1.82, 2.24) is 9.88 Å². The van der Waals surface area contributed by atoms with E-state index in [1.807, 2.05) is 23.1 Å². The average Bonchev–Trinajstić information content (AvgIpc) is 3.05. The number of aliphatic hydroxyl groups is 1. The van der Waals surface area contributed by atoms with E-state index >= 15 is 0 Å². The summed E-state index contributed by atoms with van der Waals surface area (Å²) in [5.41, 5.74) is 3.44. The molecule has 0 saturated carbocycles. The van der Waals surface area contributed by atoms with Gasteiger partial charge in [-0.25, -0.2) is 4.98 Å². The number of nitrogens with zero attached hydrogens (tertiary/aromatic N) is 2. The van der Waals surface area contributed by atoms with E-state index in [1.54, 1.807) is 16.8 Å². The molecule has 18 heavy (non-hydrogen) atoms. The van der Waals surface area contributed by atoms with E-state index in [0.717, 1.165) is 23.2 Å². The van der Waals surface area contributed by atoms with Gasteiger partial charge in [-0.15, -0.1) is 11.3 Å². The first kappa shape index (κ1) is 11.6. The normalized spacial score (nSPS) is 19.6. The van der Waals surface area contributed by atoms with Crippen LogP contribution >= 0.6 is 11.3 Å². The van der Waals surface area contributed by atoms with Crippen LogP contribution < -0.4 is 0 Å². The van der Waals surface area contributed by atoms with Crippen LogP contribution in [0.1, 0.15) is 16.8 Å². The Kier molecular flexibility index (Phi) is 3.01. The number of carbonyl (C=O) groups is 1. The molecule has 1 saturated heterocycles. The van der Waals surface area contributed by atoms with Gasteiger partial charge >= 0.3 is 0 Å². The monoisotopic (exact) mass is 262 g/mol. The first-order chi connectivity index (χ1) is 8.78. The third kappa shape index (κ3) is 2.00. The summed E-state index contributed by atoms with van der Waals surface area (Å²) >= 11 is 1.54. The first-order valence-corrected chi connectivity index (χ1v) is 6.89. The Bertz CT molecular complexity index is 581. The molecule has 1 unspecified atom stereocenters. The Labute approximate surface area is 109 Å². The molecule has 1 aliphatic heterocycles. The molecule has 94 valence electrons. The Hall–Kier alpha value is -1.46. The second-order valence-electron chi connectivity index (χ2n) is 4.62. The van der Waals surface area contributed by atoms with Crippen LogP contribution in [0, 0.1) is 5.92 Å². The summed E-state index contributed by atoms with van der Waals surface area (Å²) in [7, 11) is 0. The molecular weight excluding hydrogens is 248 g/mol. The lowest BCUT2D eigenvalue weighted by Gasteiger charge is -2.16. The largest absolute Gasteiger partial charge is 0.396 e. The van der Waals surface area contributed by atoms with E-state index in [9.17, 15) is 4.79 Å². The molecule has 3 rings (SSSR count). The molecular formula is C13H14N2O2S. The summed E-state index contributed by atoms with van der Waals surface area (Å²) in [4.78, 5) is 18.3. The zero-order chi connectivity index (χ0) is 12.5. The third-order valence-corrected chi connectivity index (χ3v) is 4.20. The van der Waals surface area contributed by atoms with Crippen molar-refractivity contribution in [1.29, 1.82) is 0 Å². The lowest BCUT2D eigenvalue weighted by atomic mass is 10.1. The predicted octanol–water partition coefficient (Wildman–Crippen LogP) is 1.75. The number of amides is 1. The minimum Gasteiger partial charge on any atom is -0.396 e. The van der Waals surface area contributed by atoms with E-state index in [1.165, 1.54) is 0 Å². The lowest BCUT2D eigenvalue weighted by molar-refractivity contribution is 0.0782. The number of rotatable bonds is 2. The van der Waals surface area contributed by atoms with E-state index in [4.69, 9.17) is 5.11 Å². The van der Waals surface area contributed by atoms with Gasteiger partial charge in [0, 0.05) is 31.2 Å². The van der Waals surface area contributed by atoms with Crippen molar-refractivity contribution in [3.8, 4) is 0 Å². The van der Waals surface area contributed by atoms with Gasteiger partial charge in [-0.05, 0) is 24.6 Å². The number of fused-ring (bicyclic) bond motifs is 1. The highest BCUT2D eigenvalue weighted by Crippen LogP contribution is 2.22. The minimum absolute atomic E-state index is 0.0567. The quantitative estimate of drug-likeness (QED) is 0.897. The van der Waals surface area contributed by atoms with Gasteiger partial charge < -0.3 is 10.0 Å². The van der Waals surface area contributed by atoms with E-state index < -0.39 is 0 Å². The molecule has 1 N–H and O–H groups in total. The van der Waals surface area contributed by atoms with Gasteiger partial charge in [0.1, 0.15) is 0 Å². The standard InChI is InChI=1S/C13H14N2O2S/c16-7-9-3-4-15(6-9)13(17)10-1-2-11-12(5-10)18-8-14-11/h1-2,5,8-9,16H,3-4,6-7H2. The van der Waals surface area contributed by atoms with Crippen molar-refractivity contribution in [3.63, 3.8) is 0 Å². The van der Waals surface area contributed by atoms with Crippen LogP contribution in [-0.4, -0.2) is 40.6 Å². The maximum Gasteiger partial charge on any atom is 0.253 e. The number of thiazole rings is 1. The van der Waals surface area contributed by atoms with Crippen molar-refractivity contribution in [2.45, 2.75) is 6.42 Å². The van der Waals surface area contributed by atoms with Crippen LogP contribution in [0.2, 0.25) is 0 Å². The van der Waals surface area contributed by atoms with E-state index in [-0.39, 0.29) is 18.4 Å². The molecule has 0 aliphatic carbocycles. The molecule has 5 heteroatoms. The summed E-state index contributed by atoms with van der Waals surface area (Å²) in [6.45, 7) is 1.57. The van der Waals surface area contributed by atoms with Crippen molar-refractivity contribution in [2.24, 2.45) is 5.92 Å². The Morgan fingerprint density at radius 3 is 3.22 bits per heavy atom. The summed E-state index contributed by atoms with van der Waals surface area (Å²) < 4.78 is 1.04. The third-order valence-electron chi connectivity index (χ3n) is 3.41. The average molecular weight is 262 g/mol. The molecule has 4 nitrogen and oxygen atoms in total. The molecule has 0 bridgehead atoms. The molecule has 0 radical (unpaired) electrons. The van der Waals surface area contributed by atoms with Crippen LogP contribution in [0.15, 0.2) is 23.7 Å². The van der Waals surface area contributed by atoms with Crippen LogP contribution in [0.25, 0.3) is 10.2 Å². The summed E-state index contributed by atoms with van der Waals surface area (Å²) in [6, 6.07) is 5.62. The molecule has 0 spiro atoms. The molecule has 2 aromatic rings. The number of benzene rings is 1. The lowest BCUT2D eigenvalue weighted by Crippen LogP contribution is -2.29. The number of aliphatic hydroxyl groups excluding tert-OH is 1. The highest BCUT2D eigenvalue weighted by molar-refractivity contribution is 7.16. The zero-order valence-electron chi connectivity index (χ0n) is 9.87. The van der Waals surface area contributed by atoms with Crippen molar-refractivity contribution in [2.75, 3.05) is 19.7 Å². The summed E-state index contributed by atoms with van der Waals surface area (Å²) in [5, 5.41) is 9.11. The van der Waals surface area contributed by atoms with E-state index in [0.29, 0.717) is 12.1 Å². The molecule has 1 aromatic carbocycles. The van der Waals surface area contributed by atoms with Gasteiger partial charge in [0.2, 0.25) is 0 Å². The second kappa shape index (κ2) is 4.66. The Morgan fingerprint density at radius 1 is 1.56 bits per heavy atom. The minimum atomic E-state index is 0.0567. The van der Waals surface area contributed by atoms with Gasteiger partial charge in [0.25, 0.3) is 5.91 Å². The van der Waals surface area contributed by atoms with Crippen LogP contribution in [0.4, 0.5) is 0 Å². The van der Waals surface area contributed by atoms with Crippen molar-refractivity contribution < 1.29 is 9.90 Å². The topological polar surface area (TPSA) is 53.4 Å². The fraction of sp³-hybridized carbons (Fsp3) is 0.385. The van der Waals surface area contributed by atoms with Crippen LogP contribution in [0.3, 0.4) is 0 Å². The fourth-order valence-corrected chi connectivity index (χ4v) is 3.05. The second-order valence-corrected chi connectivity index (χ2v) is 5.51. The van der Waals surface area contributed by atoms with Gasteiger partial charge in [-0.3, -0.25) is 4.79 Å². The molecule has 1 aromatic heterocycles. The Morgan fingerprint density at radius 2 is 2.44 bits per heavy atom. The van der Waals surface area contributed by atoms with Gasteiger partial charge in [0.05, 0.1) is 15.7 Å². The number of aromatic nitrogens is 1. The zero-order valence-corrected chi connectivity index (χ0v) is 10.7. The summed E-state index contributed by atoms with van der Waals surface area (Å²) in [5.74, 6) is 0.294. The Balaban J connectivity index is 1.83. The molecule has 1 atom stereocenters. The summed E-state index contributed by atoms with van der Waals surface area (Å²) in [6.07, 6.45) is 0.894. The number of hydrogen-bond acceptors (Lipinski definition) is 4. The smallest absolute Gasteiger partial charge is 0.253 e. The van der Waals surface area contributed by atoms with Gasteiger partial charge in [-0.1, -0.05) is 0 Å². The highest BCUT2D eigenvalue weighted by Gasteiger charge is 2.26. The van der Waals surface area contributed by atoms with Gasteiger partial charge in [0.15, 0.2) is 0 Å². The maximum atomic E-state index is 12.3. The first-order valence-electron chi connectivity index (χ1n) is 6.01. The molecule has 1 fully saturated rings.